The second kappa shape index (κ2) is 12.1. The lowest BCUT2D eigenvalue weighted by Gasteiger charge is -2.21. The monoisotopic (exact) mass is 556 g/mol. The Labute approximate surface area is 196 Å². The highest BCUT2D eigenvalue weighted by atomic mass is 127. The van der Waals surface area contributed by atoms with Gasteiger partial charge in [0.15, 0.2) is 5.96 Å². The predicted octanol–water partition coefficient (Wildman–Crippen LogP) is 2.76. The number of benzene rings is 1. The first-order valence-corrected chi connectivity index (χ1v) is 9.73. The highest BCUT2D eigenvalue weighted by Crippen LogP contribution is 2.29. The summed E-state index contributed by atoms with van der Waals surface area (Å²) < 4.78 is 42.6. The Hall–Kier alpha value is -2.05. The minimum absolute atomic E-state index is 0. The van der Waals surface area contributed by atoms with E-state index in [1.165, 1.54) is 7.11 Å². The van der Waals surface area contributed by atoms with Gasteiger partial charge >= 0.3 is 12.1 Å². The van der Waals surface area contributed by atoms with E-state index in [2.05, 4.69) is 15.6 Å². The zero-order valence-electron chi connectivity index (χ0n) is 17.7. The van der Waals surface area contributed by atoms with Crippen molar-refractivity contribution in [3.8, 4) is 0 Å². The molecule has 0 aliphatic carbocycles. The van der Waals surface area contributed by atoms with Crippen LogP contribution in [0.1, 0.15) is 29.8 Å². The van der Waals surface area contributed by atoms with Crippen molar-refractivity contribution in [2.75, 3.05) is 39.8 Å². The quantitative estimate of drug-likeness (QED) is 0.185. The number of nitrogens with one attached hydrogen (secondary N) is 2. The number of aliphatic imine (C=N–C) groups is 1. The van der Waals surface area contributed by atoms with Crippen molar-refractivity contribution >= 4 is 41.8 Å². The summed E-state index contributed by atoms with van der Waals surface area (Å²) >= 11 is 0. The topological polar surface area (TPSA) is 83.0 Å². The molecule has 2 N–H and O–H groups in total. The summed E-state index contributed by atoms with van der Waals surface area (Å²) in [5.74, 6) is -0.174. The van der Waals surface area contributed by atoms with Gasteiger partial charge in [-0.1, -0.05) is 6.92 Å². The molecule has 2 unspecified atom stereocenters. The fourth-order valence-electron chi connectivity index (χ4n) is 3.27. The average molecular weight is 556 g/mol. The Kier molecular flexibility index (Phi) is 10.5. The van der Waals surface area contributed by atoms with Gasteiger partial charge in [-0.3, -0.25) is 14.6 Å². The van der Waals surface area contributed by atoms with Crippen molar-refractivity contribution in [1.29, 1.82) is 0 Å². The third kappa shape index (κ3) is 7.54. The van der Waals surface area contributed by atoms with Crippen molar-refractivity contribution in [2.24, 2.45) is 16.8 Å². The zero-order valence-corrected chi connectivity index (χ0v) is 20.0. The summed E-state index contributed by atoms with van der Waals surface area (Å²) in [6.45, 7) is 6.21. The smallest absolute Gasteiger partial charge is 0.416 e. The van der Waals surface area contributed by atoms with Gasteiger partial charge in [-0.2, -0.15) is 13.2 Å². The highest BCUT2D eigenvalue weighted by molar-refractivity contribution is 14.0. The van der Waals surface area contributed by atoms with Gasteiger partial charge in [0.05, 0.1) is 25.1 Å². The molecule has 0 saturated carbocycles. The number of alkyl halides is 3. The molecule has 1 saturated heterocycles. The molecule has 2 atom stereocenters. The molecule has 0 bridgehead atoms. The molecule has 174 valence electrons. The Bertz CT molecular complexity index is 772. The second-order valence-electron chi connectivity index (χ2n) is 7.08. The molecule has 1 aliphatic heterocycles. The highest BCUT2D eigenvalue weighted by Gasteiger charge is 2.36. The Morgan fingerprint density at radius 3 is 2.39 bits per heavy atom. The third-order valence-corrected chi connectivity index (χ3v) is 4.88. The Morgan fingerprint density at radius 1 is 1.19 bits per heavy atom. The van der Waals surface area contributed by atoms with Crippen LogP contribution < -0.4 is 10.6 Å². The fourth-order valence-corrected chi connectivity index (χ4v) is 3.27. The van der Waals surface area contributed by atoms with Crippen LogP contribution >= 0.6 is 24.0 Å². The number of hydrogen-bond acceptors (Lipinski definition) is 4. The number of methoxy groups -OCH3 is 1. The molecule has 31 heavy (non-hydrogen) atoms. The van der Waals surface area contributed by atoms with Crippen LogP contribution in [0.3, 0.4) is 0 Å². The van der Waals surface area contributed by atoms with Crippen molar-refractivity contribution in [3.05, 3.63) is 35.4 Å². The first-order valence-electron chi connectivity index (χ1n) is 9.73. The maximum Gasteiger partial charge on any atom is 0.416 e. The first kappa shape index (κ1) is 27.0. The molecule has 0 spiro atoms. The van der Waals surface area contributed by atoms with Gasteiger partial charge in [0.2, 0.25) is 0 Å². The van der Waals surface area contributed by atoms with Crippen LogP contribution in [0.15, 0.2) is 29.3 Å². The van der Waals surface area contributed by atoms with Crippen molar-refractivity contribution in [2.45, 2.75) is 20.0 Å². The van der Waals surface area contributed by atoms with Crippen LogP contribution in [-0.2, 0) is 15.7 Å². The fraction of sp³-hybridized carbons (Fsp3) is 0.550. The molecule has 1 heterocycles. The number of carbonyl (C=O) groups is 2. The largest absolute Gasteiger partial charge is 0.469 e. The van der Waals surface area contributed by atoms with Gasteiger partial charge in [0.25, 0.3) is 5.91 Å². The lowest BCUT2D eigenvalue weighted by atomic mass is 9.99. The molecule has 0 aromatic heterocycles. The molecule has 1 fully saturated rings. The molecule has 11 heteroatoms. The number of guanidine groups is 1. The number of carbonyl (C=O) groups excluding carboxylic acids is 2. The normalized spacial score (nSPS) is 18.9. The van der Waals surface area contributed by atoms with Crippen LogP contribution in [0, 0.1) is 11.8 Å². The number of rotatable bonds is 6. The number of hydrogen-bond donors (Lipinski definition) is 2. The first-order chi connectivity index (χ1) is 14.2. The lowest BCUT2D eigenvalue weighted by molar-refractivity contribution is -0.146. The van der Waals surface area contributed by atoms with E-state index in [0.29, 0.717) is 25.6 Å². The standard InChI is InChI=1S/C20H27F3N4O3.HI/c1-4-24-19(27-11-13(2)16(12-27)18(29)30-3)26-10-9-25-17(28)14-5-7-15(8-6-14)20(21,22)23;/h5-8,13,16H,4,9-12H2,1-3H3,(H,24,26)(H,25,28);1H. The molecule has 1 aromatic rings. The number of halogens is 4. The van der Waals surface area contributed by atoms with E-state index in [1.54, 1.807) is 0 Å². The third-order valence-electron chi connectivity index (χ3n) is 4.88. The van der Waals surface area contributed by atoms with E-state index in [-0.39, 0.29) is 60.4 Å². The molecule has 1 aliphatic rings. The minimum atomic E-state index is -4.44. The van der Waals surface area contributed by atoms with E-state index >= 15 is 0 Å². The summed E-state index contributed by atoms with van der Waals surface area (Å²) in [6, 6.07) is 4.04. The molecule has 7 nitrogen and oxygen atoms in total. The number of ether oxygens (including phenoxy) is 1. The summed E-state index contributed by atoms with van der Waals surface area (Å²) in [7, 11) is 1.37. The molecule has 2 rings (SSSR count). The minimum Gasteiger partial charge on any atom is -0.469 e. The number of esters is 1. The van der Waals surface area contributed by atoms with E-state index in [9.17, 15) is 22.8 Å². The van der Waals surface area contributed by atoms with Gasteiger partial charge < -0.3 is 20.3 Å². The van der Waals surface area contributed by atoms with E-state index < -0.39 is 17.6 Å². The summed E-state index contributed by atoms with van der Waals surface area (Å²) in [5.41, 5.74) is -0.655. The molecular weight excluding hydrogens is 528 g/mol. The number of nitrogens with zero attached hydrogens (tertiary/aromatic N) is 2. The van der Waals surface area contributed by atoms with E-state index in [4.69, 9.17) is 4.74 Å². The van der Waals surface area contributed by atoms with Gasteiger partial charge in [0, 0.05) is 31.7 Å². The van der Waals surface area contributed by atoms with Crippen LogP contribution in [-0.4, -0.2) is 62.6 Å². The van der Waals surface area contributed by atoms with Gasteiger partial charge in [-0.05, 0) is 37.1 Å². The van der Waals surface area contributed by atoms with Crippen LogP contribution in [0.25, 0.3) is 0 Å². The molecular formula is C20H28F3IN4O3. The van der Waals surface area contributed by atoms with Crippen molar-refractivity contribution in [3.63, 3.8) is 0 Å². The zero-order chi connectivity index (χ0) is 22.3. The lowest BCUT2D eigenvalue weighted by Crippen LogP contribution is -2.41. The molecule has 1 aromatic carbocycles. The Balaban J connectivity index is 0.00000480. The molecule has 1 amide bonds. The second-order valence-corrected chi connectivity index (χ2v) is 7.08. The van der Waals surface area contributed by atoms with Gasteiger partial charge in [-0.25, -0.2) is 0 Å². The maximum atomic E-state index is 12.6. The van der Waals surface area contributed by atoms with E-state index in [0.717, 1.165) is 24.3 Å². The number of likely N-dealkylation sites (tertiary alicyclic amines) is 1. The average Bonchev–Trinajstić information content (AvgIpc) is 3.10. The van der Waals surface area contributed by atoms with Crippen molar-refractivity contribution < 1.29 is 27.5 Å². The summed E-state index contributed by atoms with van der Waals surface area (Å²) in [4.78, 5) is 30.4. The Morgan fingerprint density at radius 2 is 1.84 bits per heavy atom. The van der Waals surface area contributed by atoms with Crippen LogP contribution in [0.5, 0.6) is 0 Å². The van der Waals surface area contributed by atoms with Gasteiger partial charge in [-0.15, -0.1) is 24.0 Å². The number of amides is 1. The summed E-state index contributed by atoms with van der Waals surface area (Å²) in [6.07, 6.45) is -4.44. The van der Waals surface area contributed by atoms with Crippen LogP contribution in [0.2, 0.25) is 0 Å². The predicted molar refractivity (Wildman–Crippen MR) is 121 cm³/mol. The molecule has 0 radical (unpaired) electrons. The summed E-state index contributed by atoms with van der Waals surface area (Å²) in [5, 5.41) is 5.81. The van der Waals surface area contributed by atoms with Crippen molar-refractivity contribution in [1.82, 2.24) is 15.5 Å². The SMILES string of the molecule is CCNC(=NCCNC(=O)c1ccc(C(F)(F)F)cc1)N1CC(C)C(C(=O)OC)C1.I. The van der Waals surface area contributed by atoms with Crippen LogP contribution in [0.4, 0.5) is 13.2 Å². The van der Waals surface area contributed by atoms with E-state index in [1.807, 2.05) is 18.7 Å². The van der Waals surface area contributed by atoms with Gasteiger partial charge in [0.1, 0.15) is 0 Å². The maximum absolute atomic E-state index is 12.6.